The highest BCUT2D eigenvalue weighted by Crippen LogP contribution is 2.67. The zero-order valence-electron chi connectivity index (χ0n) is 17.5. The Bertz CT molecular complexity index is 978. The van der Waals surface area contributed by atoms with Crippen LogP contribution in [0.2, 0.25) is 0 Å². The van der Waals surface area contributed by atoms with Gasteiger partial charge >= 0.3 is 0 Å². The van der Waals surface area contributed by atoms with Gasteiger partial charge in [-0.05, 0) is 115 Å². The van der Waals surface area contributed by atoms with Gasteiger partial charge in [0.15, 0.2) is 0 Å². The normalized spacial score (nSPS) is 37.5. The second-order valence-electron chi connectivity index (χ2n) is 10.5. The van der Waals surface area contributed by atoms with Crippen molar-refractivity contribution in [2.45, 2.75) is 76.2 Å². The Hall–Kier alpha value is -1.80. The number of rotatable bonds is 1. The van der Waals surface area contributed by atoms with Gasteiger partial charge in [0, 0.05) is 5.41 Å². The molecule has 0 aromatic heterocycles. The number of aryl methyl sites for hydroxylation is 3. The minimum Gasteiger partial charge on any atom is -0.508 e. The Morgan fingerprint density at radius 3 is 2.62 bits per heavy atom. The fourth-order valence-corrected chi connectivity index (χ4v) is 7.89. The largest absolute Gasteiger partial charge is 0.508 e. The van der Waals surface area contributed by atoms with Crippen molar-refractivity contribution in [2.24, 2.45) is 17.3 Å². The molecule has 0 aliphatic heterocycles. The summed E-state index contributed by atoms with van der Waals surface area (Å²) in [6.45, 7) is 2.39. The maximum Gasteiger partial charge on any atom is 0.115 e. The fourth-order valence-electron chi connectivity index (χ4n) is 7.89. The summed E-state index contributed by atoms with van der Waals surface area (Å²) < 4.78 is 0. The fraction of sp³-hybridized carbons (Fsp3) is 0.556. The van der Waals surface area contributed by atoms with E-state index in [4.69, 9.17) is 0 Å². The van der Waals surface area contributed by atoms with Crippen LogP contribution in [0, 0.1) is 17.3 Å². The van der Waals surface area contributed by atoms with E-state index < -0.39 is 5.60 Å². The van der Waals surface area contributed by atoms with E-state index in [1.807, 2.05) is 12.1 Å². The second kappa shape index (κ2) is 6.11. The van der Waals surface area contributed by atoms with Gasteiger partial charge in [0.1, 0.15) is 5.75 Å². The summed E-state index contributed by atoms with van der Waals surface area (Å²) in [5.41, 5.74) is 6.25. The molecule has 0 amide bonds. The van der Waals surface area contributed by atoms with E-state index in [9.17, 15) is 10.2 Å². The van der Waals surface area contributed by atoms with E-state index in [-0.39, 0.29) is 5.41 Å². The molecule has 2 saturated carbocycles. The van der Waals surface area contributed by atoms with Crippen molar-refractivity contribution < 1.29 is 10.2 Å². The van der Waals surface area contributed by atoms with Gasteiger partial charge in [0.25, 0.3) is 0 Å². The van der Waals surface area contributed by atoms with E-state index in [0.717, 1.165) is 32.1 Å². The number of fused-ring (bicyclic) bond motifs is 6. The van der Waals surface area contributed by atoms with Crippen LogP contribution in [0.15, 0.2) is 36.4 Å². The molecule has 2 fully saturated rings. The highest BCUT2D eigenvalue weighted by molar-refractivity contribution is 5.42. The lowest BCUT2D eigenvalue weighted by molar-refractivity contribution is -0.108. The first-order valence-electron chi connectivity index (χ1n) is 11.7. The predicted octanol–water partition coefficient (Wildman–Crippen LogP) is 5.62. The van der Waals surface area contributed by atoms with Gasteiger partial charge in [-0.1, -0.05) is 31.2 Å². The smallest absolute Gasteiger partial charge is 0.115 e. The van der Waals surface area contributed by atoms with Gasteiger partial charge < -0.3 is 10.2 Å². The molecule has 2 aromatic rings. The lowest BCUT2D eigenvalue weighted by Gasteiger charge is -2.53. The highest BCUT2D eigenvalue weighted by Gasteiger charge is 2.62. The van der Waals surface area contributed by atoms with Crippen molar-refractivity contribution in [3.63, 3.8) is 0 Å². The summed E-state index contributed by atoms with van der Waals surface area (Å²) >= 11 is 0. The average Bonchev–Trinajstić information content (AvgIpc) is 3.30. The predicted molar refractivity (Wildman–Crippen MR) is 115 cm³/mol. The number of hydrogen-bond acceptors (Lipinski definition) is 2. The Kier molecular flexibility index (Phi) is 3.79. The molecule has 29 heavy (non-hydrogen) atoms. The molecule has 2 aromatic carbocycles. The molecule has 0 saturated heterocycles. The highest BCUT2D eigenvalue weighted by atomic mass is 16.3. The molecule has 2 N–H and O–H groups in total. The molecular weight excluding hydrogens is 356 g/mol. The lowest BCUT2D eigenvalue weighted by Crippen LogP contribution is -2.49. The summed E-state index contributed by atoms with van der Waals surface area (Å²) in [4.78, 5) is 0. The molecule has 6 rings (SSSR count). The van der Waals surface area contributed by atoms with Crippen LogP contribution in [0.5, 0.6) is 5.75 Å². The van der Waals surface area contributed by atoms with Gasteiger partial charge in [-0.25, -0.2) is 0 Å². The minimum absolute atomic E-state index is 0.0323. The van der Waals surface area contributed by atoms with Crippen LogP contribution in [-0.4, -0.2) is 10.2 Å². The van der Waals surface area contributed by atoms with E-state index in [1.165, 1.54) is 53.5 Å². The Morgan fingerprint density at radius 1 is 0.862 bits per heavy atom. The Morgan fingerprint density at radius 2 is 1.72 bits per heavy atom. The molecule has 0 bridgehead atoms. The van der Waals surface area contributed by atoms with Crippen molar-refractivity contribution >= 4 is 0 Å². The van der Waals surface area contributed by atoms with Crippen LogP contribution in [0.4, 0.5) is 0 Å². The van der Waals surface area contributed by atoms with Crippen molar-refractivity contribution in [1.82, 2.24) is 0 Å². The van der Waals surface area contributed by atoms with E-state index in [2.05, 4.69) is 31.2 Å². The monoisotopic (exact) mass is 388 g/mol. The first kappa shape index (κ1) is 18.0. The van der Waals surface area contributed by atoms with Crippen LogP contribution in [0.3, 0.4) is 0 Å². The van der Waals surface area contributed by atoms with Crippen LogP contribution in [0.25, 0.3) is 0 Å². The van der Waals surface area contributed by atoms with Crippen molar-refractivity contribution in [1.29, 1.82) is 0 Å². The quantitative estimate of drug-likeness (QED) is 0.665. The molecule has 2 nitrogen and oxygen atoms in total. The Balaban J connectivity index is 1.37. The molecule has 0 spiro atoms. The number of aromatic hydroxyl groups is 1. The molecular formula is C27H32O2. The molecule has 0 heterocycles. The summed E-state index contributed by atoms with van der Waals surface area (Å²) in [6, 6.07) is 12.9. The number of phenolic OH excluding ortho intramolecular Hbond substituents is 1. The van der Waals surface area contributed by atoms with E-state index in [1.54, 1.807) is 0 Å². The zero-order valence-corrected chi connectivity index (χ0v) is 17.5. The molecule has 4 aliphatic rings. The lowest BCUT2D eigenvalue weighted by atomic mass is 9.52. The summed E-state index contributed by atoms with van der Waals surface area (Å²) in [6.07, 6.45) is 10.2. The standard InChI is InChI=1S/C27H32O2/c1-26-13-11-23-22-10-8-21(28)16-19(22)6-9-24(23)25(26)12-14-27(26,29)20-7-5-17-3-2-4-18(17)15-20/h5,7-8,10,15-16,23-25,28-29H,2-4,6,9,11-14H2,1H3/t23-,24-,25+,26+,27-/m1/s1. The van der Waals surface area contributed by atoms with Crippen LogP contribution < -0.4 is 0 Å². The summed E-state index contributed by atoms with van der Waals surface area (Å²) in [5, 5.41) is 22.0. The number of aliphatic hydroxyl groups is 1. The van der Waals surface area contributed by atoms with Crippen LogP contribution in [-0.2, 0) is 24.9 Å². The SMILES string of the molecule is C[C@]12CC[C@@H]3c4ccc(O)cc4CC[C@H]3[C@@H]1CC[C@@]2(O)c1ccc2c(c1)CCC2. The number of hydrogen-bond donors (Lipinski definition) is 2. The third-order valence-corrected chi connectivity index (χ3v) is 9.44. The van der Waals surface area contributed by atoms with Gasteiger partial charge in [-0.2, -0.15) is 0 Å². The van der Waals surface area contributed by atoms with Gasteiger partial charge in [0.05, 0.1) is 5.60 Å². The first-order valence-corrected chi connectivity index (χ1v) is 11.7. The molecule has 0 radical (unpaired) electrons. The minimum atomic E-state index is -0.685. The Labute approximate surface area is 174 Å². The maximum atomic E-state index is 12.1. The van der Waals surface area contributed by atoms with Crippen molar-refractivity contribution in [3.8, 4) is 5.75 Å². The first-order chi connectivity index (χ1) is 14.0. The summed E-state index contributed by atoms with van der Waals surface area (Å²) in [5.74, 6) is 2.24. The van der Waals surface area contributed by atoms with Crippen molar-refractivity contribution in [2.75, 3.05) is 0 Å². The third-order valence-electron chi connectivity index (χ3n) is 9.44. The molecule has 152 valence electrons. The van der Waals surface area contributed by atoms with Crippen LogP contribution >= 0.6 is 0 Å². The topological polar surface area (TPSA) is 40.5 Å². The third kappa shape index (κ3) is 2.39. The van der Waals surface area contributed by atoms with Crippen molar-refractivity contribution in [3.05, 3.63) is 64.2 Å². The second-order valence-corrected chi connectivity index (χ2v) is 10.5. The van der Waals surface area contributed by atoms with E-state index in [0.29, 0.717) is 23.5 Å². The maximum absolute atomic E-state index is 12.1. The van der Waals surface area contributed by atoms with Gasteiger partial charge in [-0.3, -0.25) is 0 Å². The van der Waals surface area contributed by atoms with Crippen LogP contribution in [0.1, 0.15) is 79.2 Å². The zero-order chi connectivity index (χ0) is 19.8. The van der Waals surface area contributed by atoms with E-state index >= 15 is 0 Å². The number of phenols is 1. The summed E-state index contributed by atoms with van der Waals surface area (Å²) in [7, 11) is 0. The van der Waals surface area contributed by atoms with Gasteiger partial charge in [-0.15, -0.1) is 0 Å². The molecule has 4 aliphatic carbocycles. The molecule has 5 atom stereocenters. The average molecular weight is 389 g/mol. The van der Waals surface area contributed by atoms with Gasteiger partial charge in [0.2, 0.25) is 0 Å². The molecule has 2 heteroatoms. The number of benzene rings is 2. The molecule has 0 unspecified atom stereocenters.